The van der Waals surface area contributed by atoms with Gasteiger partial charge >= 0.3 is 5.69 Å². The highest BCUT2D eigenvalue weighted by atomic mass is 32.2. The number of rotatable bonds is 6. The number of hydrogen-bond donors (Lipinski definition) is 4. The van der Waals surface area contributed by atoms with Crippen molar-refractivity contribution in [2.45, 2.75) is 9.79 Å². The first kappa shape index (κ1) is 22.9. The summed E-state index contributed by atoms with van der Waals surface area (Å²) >= 11 is 0. The predicted molar refractivity (Wildman–Crippen MR) is 101 cm³/mol. The maximum absolute atomic E-state index is 12.3. The van der Waals surface area contributed by atoms with Crippen LogP contribution in [0.5, 0.6) is 11.5 Å². The highest BCUT2D eigenvalue weighted by molar-refractivity contribution is 7.89. The number of pyridine rings is 1. The number of benzene rings is 1. The number of anilines is 1. The van der Waals surface area contributed by atoms with E-state index in [-0.39, 0.29) is 0 Å². The number of nitro benzene ring substituents is 1. The molecule has 17 heteroatoms. The number of phenolic OH excluding ortho intramolecular Hbond substituents is 1. The van der Waals surface area contributed by atoms with Crippen molar-refractivity contribution in [2.75, 3.05) is 19.8 Å². The Morgan fingerprint density at radius 3 is 2.23 bits per heavy atom. The van der Waals surface area contributed by atoms with Crippen LogP contribution in [0.3, 0.4) is 0 Å². The van der Waals surface area contributed by atoms with Crippen LogP contribution in [0.25, 0.3) is 0 Å². The van der Waals surface area contributed by atoms with Gasteiger partial charge in [-0.3, -0.25) is 10.1 Å². The van der Waals surface area contributed by atoms with E-state index in [9.17, 15) is 37.2 Å². The smallest absolute Gasteiger partial charge is 0.314 e. The fourth-order valence-corrected chi connectivity index (χ4v) is 3.59. The lowest BCUT2D eigenvalue weighted by Crippen LogP contribution is -2.22. The van der Waals surface area contributed by atoms with Crippen LogP contribution in [0.1, 0.15) is 0 Å². The van der Waals surface area contributed by atoms with Crippen molar-refractivity contribution in [3.05, 3.63) is 28.3 Å². The van der Waals surface area contributed by atoms with Crippen molar-refractivity contribution in [2.24, 2.45) is 15.4 Å². The van der Waals surface area contributed by atoms with E-state index in [4.69, 9.17) is 10.9 Å². The first-order valence-electron chi connectivity index (χ1n) is 7.54. The molecule has 0 spiro atoms. The molecule has 1 aromatic carbocycles. The number of nitrogen functional groups attached to an aromatic ring is 1. The lowest BCUT2D eigenvalue weighted by molar-refractivity contribution is -0.386. The largest absolute Gasteiger partial charge is 0.504 e. The Morgan fingerprint density at radius 1 is 1.13 bits per heavy atom. The van der Waals surface area contributed by atoms with Crippen LogP contribution in [0.15, 0.2) is 38.2 Å². The van der Waals surface area contributed by atoms with Crippen molar-refractivity contribution < 1.29 is 32.0 Å². The fraction of sp³-hybridized carbons (Fsp3) is 0.154. The zero-order chi connectivity index (χ0) is 23.0. The molecule has 6 N–H and O–H groups in total. The number of phenols is 1. The molecule has 0 fully saturated rings. The minimum Gasteiger partial charge on any atom is -0.504 e. The maximum atomic E-state index is 12.3. The summed E-state index contributed by atoms with van der Waals surface area (Å²) in [4.78, 5) is 12.3. The Labute approximate surface area is 169 Å². The number of nitro groups is 1. The summed E-state index contributed by atoms with van der Waals surface area (Å²) in [5, 5.41) is 42.7. The molecule has 0 amide bonds. The van der Waals surface area contributed by atoms with Crippen molar-refractivity contribution in [1.82, 2.24) is 9.29 Å². The van der Waals surface area contributed by atoms with Crippen LogP contribution >= 0.6 is 0 Å². The third-order valence-electron chi connectivity index (χ3n) is 3.55. The number of nitrogens with two attached hydrogens (primary N) is 2. The topological polar surface area (TPSA) is 245 Å². The summed E-state index contributed by atoms with van der Waals surface area (Å²) in [7, 11) is -6.27. The molecule has 1 heterocycles. The average Bonchev–Trinajstić information content (AvgIpc) is 2.61. The van der Waals surface area contributed by atoms with Gasteiger partial charge in [-0.05, 0) is 6.07 Å². The van der Waals surface area contributed by atoms with E-state index in [1.165, 1.54) is 14.1 Å². The zero-order valence-electron chi connectivity index (χ0n) is 15.3. The molecule has 0 aliphatic carbocycles. The van der Waals surface area contributed by atoms with E-state index in [2.05, 4.69) is 15.2 Å². The number of aromatic hydroxyl groups is 2. The Morgan fingerprint density at radius 2 is 1.73 bits per heavy atom. The lowest BCUT2D eigenvalue weighted by atomic mass is 10.2. The molecule has 0 unspecified atom stereocenters. The van der Waals surface area contributed by atoms with Gasteiger partial charge in [0, 0.05) is 26.2 Å². The first-order valence-corrected chi connectivity index (χ1v) is 10.5. The normalized spacial score (nSPS) is 12.5. The quantitative estimate of drug-likeness (QED) is 0.260. The Hall–Kier alpha value is -3.41. The van der Waals surface area contributed by atoms with Crippen molar-refractivity contribution in [3.63, 3.8) is 0 Å². The molecular formula is C13H15N7O8S2. The van der Waals surface area contributed by atoms with Gasteiger partial charge in [0.2, 0.25) is 25.8 Å². The minimum absolute atomic E-state index is 0.532. The van der Waals surface area contributed by atoms with E-state index < -0.39 is 69.3 Å². The van der Waals surface area contributed by atoms with E-state index in [1.54, 1.807) is 0 Å². The van der Waals surface area contributed by atoms with Gasteiger partial charge in [0.15, 0.2) is 17.4 Å². The minimum atomic E-state index is -4.46. The number of primary sulfonamides is 1. The van der Waals surface area contributed by atoms with Crippen LogP contribution in [0, 0.1) is 10.1 Å². The maximum Gasteiger partial charge on any atom is 0.314 e. The number of hydrogen-bond acceptors (Lipinski definition) is 12. The molecule has 0 aliphatic heterocycles. The van der Waals surface area contributed by atoms with Gasteiger partial charge in [0.05, 0.1) is 9.82 Å². The van der Waals surface area contributed by atoms with Crippen molar-refractivity contribution in [1.29, 1.82) is 0 Å². The number of nitrogens with zero attached hydrogens (tertiary/aromatic N) is 5. The first-order chi connectivity index (χ1) is 13.7. The Bertz CT molecular complexity index is 1270. The SMILES string of the molecule is CN(C)S(=O)(=O)c1cc(N=Nc2nc(N)c(O)cc2S(N)(=O)=O)c(O)c([N+](=O)[O-])c1. The number of azo groups is 1. The molecule has 0 saturated carbocycles. The molecule has 2 rings (SSSR count). The van der Waals surface area contributed by atoms with Gasteiger partial charge in [-0.25, -0.2) is 31.3 Å². The van der Waals surface area contributed by atoms with Crippen LogP contribution < -0.4 is 10.9 Å². The summed E-state index contributed by atoms with van der Waals surface area (Å²) in [5.74, 6) is -2.99. The van der Waals surface area contributed by atoms with Crippen LogP contribution in [-0.4, -0.2) is 55.4 Å². The summed E-state index contributed by atoms with van der Waals surface area (Å²) in [5.41, 5.74) is 3.72. The van der Waals surface area contributed by atoms with E-state index in [0.29, 0.717) is 12.1 Å². The molecule has 0 radical (unpaired) electrons. The van der Waals surface area contributed by atoms with Gasteiger partial charge in [0.25, 0.3) is 0 Å². The molecule has 0 bridgehead atoms. The summed E-state index contributed by atoms with van der Waals surface area (Å²) in [6.07, 6.45) is 0. The zero-order valence-corrected chi connectivity index (χ0v) is 16.9. The van der Waals surface area contributed by atoms with Gasteiger partial charge in [-0.15, -0.1) is 10.2 Å². The average molecular weight is 461 g/mol. The molecule has 0 saturated heterocycles. The third-order valence-corrected chi connectivity index (χ3v) is 6.26. The predicted octanol–water partition coefficient (Wildman–Crippen LogP) is 0.296. The van der Waals surface area contributed by atoms with E-state index in [0.717, 1.165) is 10.4 Å². The van der Waals surface area contributed by atoms with Gasteiger partial charge < -0.3 is 15.9 Å². The second-order valence-electron chi connectivity index (χ2n) is 5.81. The highest BCUT2D eigenvalue weighted by Gasteiger charge is 2.27. The fourth-order valence-electron chi connectivity index (χ4n) is 2.03. The third kappa shape index (κ3) is 4.43. The summed E-state index contributed by atoms with van der Waals surface area (Å²) < 4.78 is 48.7. The van der Waals surface area contributed by atoms with Gasteiger partial charge in [-0.2, -0.15) is 0 Å². The molecule has 162 valence electrons. The Kier molecular flexibility index (Phi) is 5.93. The second-order valence-corrected chi connectivity index (χ2v) is 9.50. The van der Waals surface area contributed by atoms with Gasteiger partial charge in [0.1, 0.15) is 10.6 Å². The van der Waals surface area contributed by atoms with Crippen LogP contribution in [0.2, 0.25) is 0 Å². The second kappa shape index (κ2) is 7.78. The molecule has 1 aromatic heterocycles. The Balaban J connectivity index is 2.75. The van der Waals surface area contributed by atoms with Crippen LogP contribution in [0.4, 0.5) is 23.0 Å². The van der Waals surface area contributed by atoms with Crippen molar-refractivity contribution >= 4 is 43.1 Å². The molecule has 0 atom stereocenters. The standard InChI is InChI=1S/C13H15N7O8S2/c1-19(2)30(27,28)6-3-7(11(22)8(4-6)20(23)24)17-18-13-10(29(15,25)26)5-9(21)12(14)16-13/h3-5,21-22H,1-2H3,(H2,14,16)(H2,15,25,26). The number of aromatic nitrogens is 1. The number of sulfonamides is 2. The molecule has 2 aromatic rings. The molecular weight excluding hydrogens is 446 g/mol. The highest BCUT2D eigenvalue weighted by Crippen LogP contribution is 2.40. The van der Waals surface area contributed by atoms with E-state index in [1.807, 2.05) is 0 Å². The lowest BCUT2D eigenvalue weighted by Gasteiger charge is -2.12. The summed E-state index contributed by atoms with van der Waals surface area (Å²) in [6, 6.07) is 2.05. The van der Waals surface area contributed by atoms with E-state index >= 15 is 0 Å². The van der Waals surface area contributed by atoms with Crippen LogP contribution in [-0.2, 0) is 20.0 Å². The van der Waals surface area contributed by atoms with Crippen molar-refractivity contribution in [3.8, 4) is 11.5 Å². The molecule has 15 nitrogen and oxygen atoms in total. The molecule has 0 aliphatic rings. The molecule has 30 heavy (non-hydrogen) atoms. The monoisotopic (exact) mass is 461 g/mol. The van der Waals surface area contributed by atoms with Gasteiger partial charge in [-0.1, -0.05) is 0 Å². The summed E-state index contributed by atoms with van der Waals surface area (Å²) in [6.45, 7) is 0.